The molecule has 0 aliphatic carbocycles. The minimum Gasteiger partial charge on any atom is -0.245 e. The van der Waals surface area contributed by atoms with Crippen molar-refractivity contribution in [1.82, 2.24) is 24.8 Å². The molecule has 0 aliphatic heterocycles. The number of aromatic nitrogens is 5. The van der Waals surface area contributed by atoms with Crippen LogP contribution in [0.2, 0.25) is 0 Å². The van der Waals surface area contributed by atoms with Crippen molar-refractivity contribution in [2.75, 3.05) is 0 Å². The minimum atomic E-state index is -3.62. The number of rotatable bonds is 2. The van der Waals surface area contributed by atoms with Crippen LogP contribution in [-0.2, 0) is 5.38 Å². The lowest BCUT2D eigenvalue weighted by atomic mass is 10.2. The molecule has 5 nitrogen and oxygen atoms in total. The van der Waals surface area contributed by atoms with E-state index in [4.69, 9.17) is 11.6 Å². The van der Waals surface area contributed by atoms with Crippen molar-refractivity contribution in [3.05, 3.63) is 42.2 Å². The lowest BCUT2D eigenvalue weighted by Crippen LogP contribution is -2.10. The highest BCUT2D eigenvalue weighted by atomic mass is 35.5. The molecule has 4 aromatic rings. The Hall–Kier alpha value is -2.19. The average molecular weight is 338 g/mol. The van der Waals surface area contributed by atoms with Gasteiger partial charge in [0, 0.05) is 5.39 Å². The first-order chi connectivity index (χ1) is 10.5. The van der Waals surface area contributed by atoms with Crippen LogP contribution >= 0.6 is 22.9 Å². The molecule has 0 spiro atoms. The highest BCUT2D eigenvalue weighted by molar-refractivity contribution is 7.19. The molecule has 0 aliphatic rings. The summed E-state index contributed by atoms with van der Waals surface area (Å²) >= 11 is 6.12. The molecule has 0 N–H and O–H groups in total. The maximum Gasteiger partial charge on any atom is 0.383 e. The Kier molecular flexibility index (Phi) is 2.85. The van der Waals surface area contributed by atoms with E-state index in [-0.39, 0.29) is 4.96 Å². The third kappa shape index (κ3) is 2.11. The van der Waals surface area contributed by atoms with Crippen LogP contribution < -0.4 is 0 Å². The second-order valence-electron chi connectivity index (χ2n) is 4.51. The number of alkyl halides is 3. The molecule has 0 radical (unpaired) electrons. The Morgan fingerprint density at radius 1 is 1.09 bits per heavy atom. The monoisotopic (exact) mass is 337 g/mol. The van der Waals surface area contributed by atoms with Gasteiger partial charge in [0.25, 0.3) is 0 Å². The summed E-state index contributed by atoms with van der Waals surface area (Å²) in [5.74, 6) is -0.701. The number of fused-ring (bicyclic) bond motifs is 2. The molecular formula is C13H6ClF2N5S. The van der Waals surface area contributed by atoms with Gasteiger partial charge in [-0.15, -0.1) is 10.2 Å². The van der Waals surface area contributed by atoms with Gasteiger partial charge in [0.2, 0.25) is 10.8 Å². The number of pyridine rings is 1. The fourth-order valence-corrected chi connectivity index (χ4v) is 3.01. The summed E-state index contributed by atoms with van der Waals surface area (Å²) in [6.45, 7) is 0. The molecule has 3 aromatic heterocycles. The zero-order valence-electron chi connectivity index (χ0n) is 10.7. The summed E-state index contributed by atoms with van der Waals surface area (Å²) in [7, 11) is 0. The quantitative estimate of drug-likeness (QED) is 0.523. The van der Waals surface area contributed by atoms with E-state index in [0.717, 1.165) is 26.8 Å². The first-order valence-corrected chi connectivity index (χ1v) is 7.37. The van der Waals surface area contributed by atoms with Crippen molar-refractivity contribution < 1.29 is 8.78 Å². The normalized spacial score (nSPS) is 12.3. The summed E-state index contributed by atoms with van der Waals surface area (Å²) in [5.41, 5.74) is 1.38. The topological polar surface area (TPSA) is 56.0 Å². The Morgan fingerprint density at radius 2 is 1.91 bits per heavy atom. The van der Waals surface area contributed by atoms with Crippen LogP contribution in [0.25, 0.3) is 26.6 Å². The Morgan fingerprint density at radius 3 is 2.73 bits per heavy atom. The van der Waals surface area contributed by atoms with Gasteiger partial charge in [-0.2, -0.15) is 18.4 Å². The summed E-state index contributed by atoms with van der Waals surface area (Å²) in [6, 6.07) is 11.3. The van der Waals surface area contributed by atoms with Gasteiger partial charge in [-0.05, 0) is 23.7 Å². The molecule has 0 fully saturated rings. The Bertz CT molecular complexity index is 991. The maximum absolute atomic E-state index is 13.2. The van der Waals surface area contributed by atoms with Crippen LogP contribution in [0, 0.1) is 0 Å². The highest BCUT2D eigenvalue weighted by Crippen LogP contribution is 2.33. The fraction of sp³-hybridized carbons (Fsp3) is 0.0769. The molecule has 22 heavy (non-hydrogen) atoms. The highest BCUT2D eigenvalue weighted by Gasteiger charge is 2.35. The van der Waals surface area contributed by atoms with Crippen molar-refractivity contribution in [2.45, 2.75) is 5.38 Å². The summed E-state index contributed by atoms with van der Waals surface area (Å²) in [5, 5.41) is 8.97. The van der Waals surface area contributed by atoms with Crippen molar-refractivity contribution in [3.8, 4) is 10.7 Å². The molecule has 3 heterocycles. The first kappa shape index (κ1) is 13.5. The third-order valence-corrected chi connectivity index (χ3v) is 4.15. The SMILES string of the molecule is FC(F)(Cl)c1nnc2sc(-c3ccc4ccccc4n3)nn12. The van der Waals surface area contributed by atoms with E-state index in [9.17, 15) is 8.78 Å². The Labute approximate surface area is 131 Å². The standard InChI is InChI=1S/C13H6ClF2N5S/c14-13(15,16)11-18-19-12-21(11)20-10(22-12)9-6-5-7-3-1-2-4-8(7)17-9/h1-6H. The van der Waals surface area contributed by atoms with Crippen LogP contribution in [0.5, 0.6) is 0 Å². The molecule has 0 amide bonds. The number of para-hydroxylation sites is 1. The van der Waals surface area contributed by atoms with E-state index < -0.39 is 11.2 Å². The molecule has 4 rings (SSSR count). The molecule has 0 bridgehead atoms. The van der Waals surface area contributed by atoms with E-state index in [1.807, 2.05) is 30.3 Å². The van der Waals surface area contributed by atoms with Crippen LogP contribution in [0.1, 0.15) is 5.82 Å². The molecule has 9 heteroatoms. The van der Waals surface area contributed by atoms with Crippen molar-refractivity contribution in [1.29, 1.82) is 0 Å². The molecule has 110 valence electrons. The van der Waals surface area contributed by atoms with E-state index >= 15 is 0 Å². The molecule has 0 saturated heterocycles. The van der Waals surface area contributed by atoms with Crippen LogP contribution in [0.4, 0.5) is 8.78 Å². The Balaban J connectivity index is 1.87. The van der Waals surface area contributed by atoms with Gasteiger partial charge >= 0.3 is 5.38 Å². The summed E-state index contributed by atoms with van der Waals surface area (Å²) in [6.07, 6.45) is 0. The predicted octanol–water partition coefficient (Wildman–Crippen LogP) is 3.69. The summed E-state index contributed by atoms with van der Waals surface area (Å²) < 4.78 is 27.4. The smallest absolute Gasteiger partial charge is 0.245 e. The van der Waals surface area contributed by atoms with E-state index in [2.05, 4.69) is 20.3 Å². The van der Waals surface area contributed by atoms with Crippen molar-refractivity contribution >= 4 is 38.8 Å². The van der Waals surface area contributed by atoms with Gasteiger partial charge in [0.15, 0.2) is 5.01 Å². The number of benzene rings is 1. The number of hydrogen-bond donors (Lipinski definition) is 0. The van der Waals surface area contributed by atoms with Gasteiger partial charge in [-0.3, -0.25) is 0 Å². The minimum absolute atomic E-state index is 0.236. The van der Waals surface area contributed by atoms with Crippen LogP contribution in [0.15, 0.2) is 36.4 Å². The first-order valence-electron chi connectivity index (χ1n) is 6.18. The van der Waals surface area contributed by atoms with Gasteiger partial charge in [0.05, 0.1) is 5.52 Å². The second kappa shape index (κ2) is 4.65. The van der Waals surface area contributed by atoms with E-state index in [1.165, 1.54) is 0 Å². The lowest BCUT2D eigenvalue weighted by molar-refractivity contribution is 0.0821. The molecule has 0 unspecified atom stereocenters. The molecule has 1 aromatic carbocycles. The van der Waals surface area contributed by atoms with Gasteiger partial charge in [-0.1, -0.05) is 35.6 Å². The second-order valence-corrected chi connectivity index (χ2v) is 5.94. The van der Waals surface area contributed by atoms with Crippen molar-refractivity contribution in [2.24, 2.45) is 0 Å². The zero-order chi connectivity index (χ0) is 15.3. The third-order valence-electron chi connectivity index (χ3n) is 3.06. The van der Waals surface area contributed by atoms with Gasteiger partial charge in [-0.25, -0.2) is 4.98 Å². The lowest BCUT2D eigenvalue weighted by Gasteiger charge is -2.02. The van der Waals surface area contributed by atoms with E-state index in [1.54, 1.807) is 6.07 Å². The summed E-state index contributed by atoms with van der Waals surface area (Å²) in [4.78, 5) is 4.71. The number of hydrogen-bond acceptors (Lipinski definition) is 5. The molecule has 0 saturated carbocycles. The van der Waals surface area contributed by atoms with Crippen LogP contribution in [-0.4, -0.2) is 24.8 Å². The van der Waals surface area contributed by atoms with E-state index in [0.29, 0.717) is 10.7 Å². The molecule has 0 atom stereocenters. The average Bonchev–Trinajstić information content (AvgIpc) is 3.05. The van der Waals surface area contributed by atoms with Gasteiger partial charge in [0.1, 0.15) is 5.69 Å². The molecular weight excluding hydrogens is 332 g/mol. The largest absolute Gasteiger partial charge is 0.383 e. The fourth-order valence-electron chi connectivity index (χ4n) is 2.08. The number of nitrogens with zero attached hydrogens (tertiary/aromatic N) is 5. The van der Waals surface area contributed by atoms with Gasteiger partial charge < -0.3 is 0 Å². The predicted molar refractivity (Wildman–Crippen MR) is 79.1 cm³/mol. The van der Waals surface area contributed by atoms with Crippen LogP contribution in [0.3, 0.4) is 0 Å². The number of halogens is 3. The van der Waals surface area contributed by atoms with Crippen molar-refractivity contribution in [3.63, 3.8) is 0 Å². The maximum atomic E-state index is 13.2. The zero-order valence-corrected chi connectivity index (χ0v) is 12.3.